The zero-order valence-corrected chi connectivity index (χ0v) is 7.30. The third-order valence-electron chi connectivity index (χ3n) is 2.10. The molecule has 1 aliphatic rings. The van der Waals surface area contributed by atoms with Crippen molar-refractivity contribution >= 4 is 5.84 Å². The Balaban J connectivity index is 2.45. The highest BCUT2D eigenvalue weighted by atomic mass is 15.3. The van der Waals surface area contributed by atoms with Gasteiger partial charge in [-0.1, -0.05) is 13.8 Å². The molecule has 0 heterocycles. The second-order valence-electron chi connectivity index (χ2n) is 3.20. The van der Waals surface area contributed by atoms with Gasteiger partial charge in [-0.05, 0) is 19.3 Å². The van der Waals surface area contributed by atoms with Gasteiger partial charge in [-0.2, -0.15) is 0 Å². The van der Waals surface area contributed by atoms with E-state index in [1.807, 2.05) is 0 Å². The van der Waals surface area contributed by atoms with E-state index in [2.05, 4.69) is 24.3 Å². The summed E-state index contributed by atoms with van der Waals surface area (Å²) < 4.78 is 0. The monoisotopic (exact) mass is 155 g/mol. The number of hydrazine groups is 1. The summed E-state index contributed by atoms with van der Waals surface area (Å²) in [5, 5.41) is 0. The lowest BCUT2D eigenvalue weighted by Crippen LogP contribution is -2.35. The lowest BCUT2D eigenvalue weighted by molar-refractivity contribution is 0.698. The molecule has 1 atom stereocenters. The highest BCUT2D eigenvalue weighted by Gasteiger charge is 2.21. The van der Waals surface area contributed by atoms with Crippen LogP contribution in [0.3, 0.4) is 0 Å². The van der Waals surface area contributed by atoms with Crippen molar-refractivity contribution in [2.45, 2.75) is 39.2 Å². The standard InChI is InChI=1S/C8H17N3/c1-3-6(2)8(11-9)10-7-4-5-7/h6-7H,3-5,9H2,1-2H3,(H,10,11). The number of hydrogen-bond donors (Lipinski definition) is 2. The van der Waals surface area contributed by atoms with Crippen LogP contribution in [0.4, 0.5) is 0 Å². The van der Waals surface area contributed by atoms with E-state index in [1.165, 1.54) is 12.8 Å². The maximum Gasteiger partial charge on any atom is 0.113 e. The van der Waals surface area contributed by atoms with Crippen molar-refractivity contribution in [3.8, 4) is 0 Å². The molecule has 3 nitrogen and oxygen atoms in total. The quantitative estimate of drug-likeness (QED) is 0.277. The van der Waals surface area contributed by atoms with Gasteiger partial charge >= 0.3 is 0 Å². The fourth-order valence-electron chi connectivity index (χ4n) is 0.900. The molecule has 0 aromatic rings. The number of amidine groups is 1. The van der Waals surface area contributed by atoms with E-state index in [9.17, 15) is 0 Å². The summed E-state index contributed by atoms with van der Waals surface area (Å²) in [4.78, 5) is 4.46. The molecule has 0 aliphatic heterocycles. The first-order chi connectivity index (χ1) is 5.27. The Kier molecular flexibility index (Phi) is 2.88. The van der Waals surface area contributed by atoms with Crippen molar-refractivity contribution in [3.63, 3.8) is 0 Å². The molecule has 0 aromatic heterocycles. The highest BCUT2D eigenvalue weighted by molar-refractivity contribution is 5.83. The van der Waals surface area contributed by atoms with Gasteiger partial charge in [0, 0.05) is 5.92 Å². The van der Waals surface area contributed by atoms with Crippen LogP contribution in [0.2, 0.25) is 0 Å². The summed E-state index contributed by atoms with van der Waals surface area (Å²) in [6.45, 7) is 4.28. The molecular formula is C8H17N3. The molecule has 1 unspecified atom stereocenters. The van der Waals surface area contributed by atoms with Crippen LogP contribution in [0.25, 0.3) is 0 Å². The number of rotatable bonds is 3. The summed E-state index contributed by atoms with van der Waals surface area (Å²) in [6, 6.07) is 0.565. The minimum absolute atomic E-state index is 0.473. The Bertz CT molecular complexity index is 149. The van der Waals surface area contributed by atoms with Crippen LogP contribution in [0.5, 0.6) is 0 Å². The van der Waals surface area contributed by atoms with Gasteiger partial charge in [-0.25, -0.2) is 5.84 Å². The summed E-state index contributed by atoms with van der Waals surface area (Å²) in [5.74, 6) is 6.78. The normalized spacial score (nSPS) is 21.5. The Morgan fingerprint density at radius 2 is 2.36 bits per heavy atom. The van der Waals surface area contributed by atoms with Gasteiger partial charge in [0.05, 0.1) is 6.04 Å². The summed E-state index contributed by atoms with van der Waals surface area (Å²) in [5.41, 5.74) is 2.67. The zero-order chi connectivity index (χ0) is 8.27. The van der Waals surface area contributed by atoms with Crippen LogP contribution in [-0.2, 0) is 0 Å². The molecule has 64 valence electrons. The molecule has 0 amide bonds. The molecule has 0 aromatic carbocycles. The lowest BCUT2D eigenvalue weighted by atomic mass is 10.1. The van der Waals surface area contributed by atoms with Crippen molar-refractivity contribution in [2.75, 3.05) is 0 Å². The SMILES string of the molecule is CCC(C)C(=NC1CC1)NN. The van der Waals surface area contributed by atoms with Crippen molar-refractivity contribution < 1.29 is 0 Å². The molecule has 0 spiro atoms. The van der Waals surface area contributed by atoms with Crippen molar-refractivity contribution in [3.05, 3.63) is 0 Å². The molecule has 1 fully saturated rings. The van der Waals surface area contributed by atoms with Crippen LogP contribution in [0, 0.1) is 5.92 Å². The number of aliphatic imine (C=N–C) groups is 1. The number of nitrogens with one attached hydrogen (secondary N) is 1. The van der Waals surface area contributed by atoms with Gasteiger partial charge in [0.15, 0.2) is 0 Å². The first-order valence-electron chi connectivity index (χ1n) is 4.32. The molecule has 0 saturated heterocycles. The Morgan fingerprint density at radius 1 is 1.73 bits per heavy atom. The van der Waals surface area contributed by atoms with Crippen LogP contribution in [-0.4, -0.2) is 11.9 Å². The molecule has 1 saturated carbocycles. The first kappa shape index (κ1) is 8.53. The zero-order valence-electron chi connectivity index (χ0n) is 7.30. The second kappa shape index (κ2) is 3.72. The molecule has 1 rings (SSSR count). The summed E-state index contributed by atoms with van der Waals surface area (Å²) in [7, 11) is 0. The van der Waals surface area contributed by atoms with E-state index in [1.54, 1.807) is 0 Å². The molecule has 11 heavy (non-hydrogen) atoms. The highest BCUT2D eigenvalue weighted by Crippen LogP contribution is 2.24. The second-order valence-corrected chi connectivity index (χ2v) is 3.20. The predicted octanol–water partition coefficient (Wildman–Crippen LogP) is 1.06. The van der Waals surface area contributed by atoms with Crippen LogP contribution in [0.15, 0.2) is 4.99 Å². The molecule has 0 radical (unpaired) electrons. The molecule has 1 aliphatic carbocycles. The summed E-state index contributed by atoms with van der Waals surface area (Å²) >= 11 is 0. The average Bonchev–Trinajstić information content (AvgIpc) is 2.82. The minimum Gasteiger partial charge on any atom is -0.312 e. The number of nitrogens with zero attached hydrogens (tertiary/aromatic N) is 1. The minimum atomic E-state index is 0.473. The predicted molar refractivity (Wildman–Crippen MR) is 47.2 cm³/mol. The van der Waals surface area contributed by atoms with E-state index >= 15 is 0 Å². The Hall–Kier alpha value is -0.570. The molecule has 3 heteroatoms. The van der Waals surface area contributed by atoms with Crippen LogP contribution >= 0.6 is 0 Å². The van der Waals surface area contributed by atoms with Gasteiger partial charge < -0.3 is 5.43 Å². The smallest absolute Gasteiger partial charge is 0.113 e. The van der Waals surface area contributed by atoms with E-state index in [0.29, 0.717) is 12.0 Å². The molecule has 0 bridgehead atoms. The van der Waals surface area contributed by atoms with Crippen molar-refractivity contribution in [1.29, 1.82) is 0 Å². The van der Waals surface area contributed by atoms with Gasteiger partial charge in [0.25, 0.3) is 0 Å². The van der Waals surface area contributed by atoms with Gasteiger partial charge in [-0.15, -0.1) is 0 Å². The van der Waals surface area contributed by atoms with E-state index < -0.39 is 0 Å². The van der Waals surface area contributed by atoms with E-state index in [4.69, 9.17) is 5.84 Å². The van der Waals surface area contributed by atoms with Crippen LogP contribution in [0.1, 0.15) is 33.1 Å². The topological polar surface area (TPSA) is 50.4 Å². The fourth-order valence-corrected chi connectivity index (χ4v) is 0.900. The summed E-state index contributed by atoms with van der Waals surface area (Å²) in [6.07, 6.45) is 3.57. The van der Waals surface area contributed by atoms with Gasteiger partial charge in [0.2, 0.25) is 0 Å². The van der Waals surface area contributed by atoms with E-state index in [-0.39, 0.29) is 0 Å². The lowest BCUT2D eigenvalue weighted by Gasteiger charge is -2.11. The fraction of sp³-hybridized carbons (Fsp3) is 0.875. The maximum atomic E-state index is 5.34. The van der Waals surface area contributed by atoms with E-state index in [0.717, 1.165) is 12.3 Å². The molecular weight excluding hydrogens is 138 g/mol. The third-order valence-corrected chi connectivity index (χ3v) is 2.10. The maximum absolute atomic E-state index is 5.34. The average molecular weight is 155 g/mol. The largest absolute Gasteiger partial charge is 0.312 e. The first-order valence-corrected chi connectivity index (χ1v) is 4.32. The third kappa shape index (κ3) is 2.50. The van der Waals surface area contributed by atoms with Crippen molar-refractivity contribution in [1.82, 2.24) is 5.43 Å². The Morgan fingerprint density at radius 3 is 2.73 bits per heavy atom. The number of nitrogens with two attached hydrogens (primary N) is 1. The van der Waals surface area contributed by atoms with Crippen molar-refractivity contribution in [2.24, 2.45) is 16.8 Å². The Labute approximate surface area is 68.0 Å². The van der Waals surface area contributed by atoms with Gasteiger partial charge in [0.1, 0.15) is 5.84 Å². The molecule has 3 N–H and O–H groups in total. The van der Waals surface area contributed by atoms with Crippen LogP contribution < -0.4 is 11.3 Å². The number of hydrogen-bond acceptors (Lipinski definition) is 2. The van der Waals surface area contributed by atoms with Gasteiger partial charge in [-0.3, -0.25) is 4.99 Å².